The molecule has 0 aliphatic heterocycles. The maximum absolute atomic E-state index is 12.8. The number of benzene rings is 1. The number of amides is 1. The van der Waals surface area contributed by atoms with Crippen LogP contribution in [0.5, 0.6) is 0 Å². The van der Waals surface area contributed by atoms with Crippen LogP contribution >= 0.6 is 0 Å². The van der Waals surface area contributed by atoms with Gasteiger partial charge in [0.1, 0.15) is 11.9 Å². The largest absolute Gasteiger partial charge is 0.467 e. The van der Waals surface area contributed by atoms with E-state index in [1.165, 1.54) is 19.2 Å². The van der Waals surface area contributed by atoms with Crippen LogP contribution < -0.4 is 5.32 Å². The van der Waals surface area contributed by atoms with Gasteiger partial charge in [-0.3, -0.25) is 4.79 Å². The van der Waals surface area contributed by atoms with E-state index in [4.69, 9.17) is 4.74 Å². The van der Waals surface area contributed by atoms with Gasteiger partial charge >= 0.3 is 5.97 Å². The lowest BCUT2D eigenvalue weighted by Crippen LogP contribution is -2.50. The van der Waals surface area contributed by atoms with Crippen LogP contribution in [0.25, 0.3) is 0 Å². The molecule has 0 unspecified atom stereocenters. The minimum absolute atomic E-state index is 0.0872. The first kappa shape index (κ1) is 16.1. The fourth-order valence-corrected chi connectivity index (χ4v) is 1.75. The molecule has 110 valence electrons. The topological polar surface area (TPSA) is 55.4 Å². The van der Waals surface area contributed by atoms with Crippen molar-refractivity contribution in [2.24, 2.45) is 5.41 Å². The molecule has 0 saturated heterocycles. The van der Waals surface area contributed by atoms with E-state index >= 15 is 0 Å². The first-order valence-electron chi connectivity index (χ1n) is 6.35. The van der Waals surface area contributed by atoms with Gasteiger partial charge in [-0.05, 0) is 23.1 Å². The Morgan fingerprint density at radius 3 is 2.25 bits per heavy atom. The average molecular weight is 281 g/mol. The second kappa shape index (κ2) is 6.50. The lowest BCUT2D eigenvalue weighted by atomic mass is 9.86. The van der Waals surface area contributed by atoms with Crippen LogP contribution in [0.4, 0.5) is 4.39 Å². The normalized spacial score (nSPS) is 12.7. The van der Waals surface area contributed by atoms with Gasteiger partial charge in [0.25, 0.3) is 0 Å². The van der Waals surface area contributed by atoms with Crippen molar-refractivity contribution >= 4 is 11.9 Å². The zero-order valence-electron chi connectivity index (χ0n) is 12.2. The maximum atomic E-state index is 12.8. The van der Waals surface area contributed by atoms with Gasteiger partial charge < -0.3 is 10.1 Å². The molecule has 0 heterocycles. The van der Waals surface area contributed by atoms with E-state index in [0.29, 0.717) is 5.56 Å². The number of ether oxygens (including phenoxy) is 1. The lowest BCUT2D eigenvalue weighted by molar-refractivity contribution is -0.148. The molecule has 0 radical (unpaired) electrons. The van der Waals surface area contributed by atoms with Crippen LogP contribution in [0.2, 0.25) is 0 Å². The molecule has 20 heavy (non-hydrogen) atoms. The molecule has 1 atom stereocenters. The Labute approximate surface area is 118 Å². The van der Waals surface area contributed by atoms with Gasteiger partial charge in [-0.15, -0.1) is 0 Å². The van der Waals surface area contributed by atoms with Crippen LogP contribution in [0.3, 0.4) is 0 Å². The van der Waals surface area contributed by atoms with Gasteiger partial charge in [0.15, 0.2) is 0 Å². The number of esters is 1. The predicted octanol–water partition coefficient (Wildman–Crippen LogP) is 2.07. The Kier molecular flexibility index (Phi) is 5.25. The van der Waals surface area contributed by atoms with Crippen molar-refractivity contribution in [2.45, 2.75) is 33.2 Å². The average Bonchev–Trinajstić information content (AvgIpc) is 2.36. The van der Waals surface area contributed by atoms with Crippen molar-refractivity contribution < 1.29 is 18.7 Å². The molecule has 0 spiro atoms. The number of methoxy groups -OCH3 is 1. The Morgan fingerprint density at radius 1 is 1.25 bits per heavy atom. The monoisotopic (exact) mass is 281 g/mol. The SMILES string of the molecule is COC(=O)[C@@H](NC(=O)Cc1ccc(F)cc1)C(C)(C)C. The third kappa shape index (κ3) is 4.64. The Bertz CT molecular complexity index is 477. The summed E-state index contributed by atoms with van der Waals surface area (Å²) in [6, 6.07) is 4.95. The van der Waals surface area contributed by atoms with Crippen molar-refractivity contribution in [2.75, 3.05) is 7.11 Å². The van der Waals surface area contributed by atoms with Gasteiger partial charge in [0.05, 0.1) is 13.5 Å². The number of hydrogen-bond donors (Lipinski definition) is 1. The summed E-state index contributed by atoms with van der Waals surface area (Å²) in [6.45, 7) is 5.52. The van der Waals surface area contributed by atoms with E-state index in [0.717, 1.165) is 0 Å². The molecule has 1 amide bonds. The van der Waals surface area contributed by atoms with Gasteiger partial charge in [-0.1, -0.05) is 32.9 Å². The van der Waals surface area contributed by atoms with E-state index in [1.807, 2.05) is 20.8 Å². The first-order chi connectivity index (χ1) is 9.24. The molecule has 0 saturated carbocycles. The van der Waals surface area contributed by atoms with Crippen molar-refractivity contribution in [3.05, 3.63) is 35.6 Å². The summed E-state index contributed by atoms with van der Waals surface area (Å²) in [5.41, 5.74) is 0.229. The van der Waals surface area contributed by atoms with Crippen molar-refractivity contribution in [3.63, 3.8) is 0 Å². The molecule has 5 heteroatoms. The summed E-state index contributed by atoms with van der Waals surface area (Å²) in [5, 5.41) is 2.66. The Morgan fingerprint density at radius 2 is 1.80 bits per heavy atom. The van der Waals surface area contributed by atoms with Crippen molar-refractivity contribution in [1.82, 2.24) is 5.32 Å². The minimum atomic E-state index is -0.722. The Hall–Kier alpha value is -1.91. The van der Waals surface area contributed by atoms with Crippen LogP contribution in [0, 0.1) is 11.2 Å². The van der Waals surface area contributed by atoms with Crippen LogP contribution in [-0.2, 0) is 20.7 Å². The highest BCUT2D eigenvalue weighted by Gasteiger charge is 2.33. The number of carbonyl (C=O) groups is 2. The summed E-state index contributed by atoms with van der Waals surface area (Å²) in [5.74, 6) is -1.14. The van der Waals surface area contributed by atoms with Gasteiger partial charge in [0, 0.05) is 0 Å². The Balaban J connectivity index is 2.72. The van der Waals surface area contributed by atoms with Gasteiger partial charge in [-0.25, -0.2) is 9.18 Å². The quantitative estimate of drug-likeness (QED) is 0.860. The smallest absolute Gasteiger partial charge is 0.328 e. The molecule has 0 fully saturated rings. The van der Waals surface area contributed by atoms with Gasteiger partial charge in [0.2, 0.25) is 5.91 Å². The highest BCUT2D eigenvalue weighted by molar-refractivity contribution is 5.86. The van der Waals surface area contributed by atoms with E-state index in [-0.39, 0.29) is 18.1 Å². The first-order valence-corrected chi connectivity index (χ1v) is 6.35. The fourth-order valence-electron chi connectivity index (χ4n) is 1.75. The molecule has 0 bridgehead atoms. The summed E-state index contributed by atoms with van der Waals surface area (Å²) in [4.78, 5) is 23.7. The highest BCUT2D eigenvalue weighted by atomic mass is 19.1. The second-order valence-corrected chi connectivity index (χ2v) is 5.69. The van der Waals surface area contributed by atoms with Crippen LogP contribution in [0.15, 0.2) is 24.3 Å². The summed E-state index contributed by atoms with van der Waals surface area (Å²) >= 11 is 0. The molecule has 1 aromatic carbocycles. The molecule has 0 aliphatic rings. The van der Waals surface area contributed by atoms with E-state index < -0.39 is 17.4 Å². The van der Waals surface area contributed by atoms with Crippen molar-refractivity contribution in [3.8, 4) is 0 Å². The minimum Gasteiger partial charge on any atom is -0.467 e. The highest BCUT2D eigenvalue weighted by Crippen LogP contribution is 2.20. The number of rotatable bonds is 4. The number of carbonyl (C=O) groups excluding carboxylic acids is 2. The number of nitrogens with one attached hydrogen (secondary N) is 1. The maximum Gasteiger partial charge on any atom is 0.328 e. The molecular weight excluding hydrogens is 261 g/mol. The fraction of sp³-hybridized carbons (Fsp3) is 0.467. The molecule has 1 N–H and O–H groups in total. The third-order valence-corrected chi connectivity index (χ3v) is 2.89. The summed E-state index contributed by atoms with van der Waals surface area (Å²) in [7, 11) is 1.28. The molecule has 1 rings (SSSR count). The van der Waals surface area contributed by atoms with E-state index in [2.05, 4.69) is 5.32 Å². The summed E-state index contributed by atoms with van der Waals surface area (Å²) < 4.78 is 17.5. The summed E-state index contributed by atoms with van der Waals surface area (Å²) in [6.07, 6.45) is 0.0872. The molecule has 1 aromatic rings. The second-order valence-electron chi connectivity index (χ2n) is 5.69. The third-order valence-electron chi connectivity index (χ3n) is 2.89. The standard InChI is InChI=1S/C15H20FNO3/c1-15(2,3)13(14(19)20-4)17-12(18)9-10-5-7-11(16)8-6-10/h5-8,13H,9H2,1-4H3,(H,17,18)/t13-/m1/s1. The zero-order valence-corrected chi connectivity index (χ0v) is 12.2. The molecule has 4 nitrogen and oxygen atoms in total. The van der Waals surface area contributed by atoms with Gasteiger partial charge in [-0.2, -0.15) is 0 Å². The molecule has 0 aromatic heterocycles. The predicted molar refractivity (Wildman–Crippen MR) is 73.5 cm³/mol. The van der Waals surface area contributed by atoms with E-state index in [9.17, 15) is 14.0 Å². The lowest BCUT2D eigenvalue weighted by Gasteiger charge is -2.29. The molecular formula is C15H20FNO3. The number of hydrogen-bond acceptors (Lipinski definition) is 3. The molecule has 0 aliphatic carbocycles. The van der Waals surface area contributed by atoms with Crippen molar-refractivity contribution in [1.29, 1.82) is 0 Å². The number of halogens is 1. The van der Waals surface area contributed by atoms with E-state index in [1.54, 1.807) is 12.1 Å². The van der Waals surface area contributed by atoms with Crippen LogP contribution in [0.1, 0.15) is 26.3 Å². The van der Waals surface area contributed by atoms with Crippen LogP contribution in [-0.4, -0.2) is 25.0 Å². The zero-order chi connectivity index (χ0) is 15.3.